The highest BCUT2D eigenvalue weighted by Crippen LogP contribution is 2.24. The molecule has 1 heterocycles. The number of benzene rings is 3. The number of likely N-dealkylation sites (tertiary alicyclic amines) is 1. The van der Waals surface area contributed by atoms with E-state index in [1.807, 2.05) is 30.3 Å². The highest BCUT2D eigenvalue weighted by atomic mass is 19.1. The molecule has 3 aromatic rings. The number of ketones is 1. The maximum Gasteiger partial charge on any atom is 0.253 e. The molecule has 0 saturated carbocycles. The third kappa shape index (κ3) is 7.39. The Bertz CT molecular complexity index is 1260. The van der Waals surface area contributed by atoms with Crippen LogP contribution in [0.2, 0.25) is 0 Å². The smallest absolute Gasteiger partial charge is 0.253 e. The molecule has 8 nitrogen and oxygen atoms in total. The summed E-state index contributed by atoms with van der Waals surface area (Å²) in [4.78, 5) is 38.9. The van der Waals surface area contributed by atoms with Gasteiger partial charge in [-0.1, -0.05) is 30.3 Å². The van der Waals surface area contributed by atoms with Gasteiger partial charge in [0.15, 0.2) is 5.78 Å². The molecule has 3 aromatic carbocycles. The molecule has 1 aliphatic rings. The molecule has 0 bridgehead atoms. The molecule has 4 rings (SSSR count). The van der Waals surface area contributed by atoms with Crippen molar-refractivity contribution in [1.29, 1.82) is 0 Å². The predicted molar refractivity (Wildman–Crippen MR) is 138 cm³/mol. The minimum absolute atomic E-state index is 0.0280. The zero-order valence-electron chi connectivity index (χ0n) is 20.8. The number of piperidine rings is 1. The molecule has 1 saturated heterocycles. The van der Waals surface area contributed by atoms with Crippen LogP contribution in [0.5, 0.6) is 5.75 Å². The van der Waals surface area contributed by atoms with Crippen molar-refractivity contribution in [3.63, 3.8) is 0 Å². The van der Waals surface area contributed by atoms with Crippen LogP contribution in [0.3, 0.4) is 0 Å². The number of nitrogens with zero attached hydrogens (tertiary/aromatic N) is 1. The van der Waals surface area contributed by atoms with Gasteiger partial charge in [0.2, 0.25) is 0 Å². The van der Waals surface area contributed by atoms with E-state index >= 15 is 0 Å². The van der Waals surface area contributed by atoms with Crippen molar-refractivity contribution in [2.45, 2.75) is 19.4 Å². The van der Waals surface area contributed by atoms with Gasteiger partial charge in [-0.05, 0) is 74.0 Å². The number of amides is 2. The Balaban J connectivity index is 1.29. The molecule has 2 amide bonds. The van der Waals surface area contributed by atoms with Gasteiger partial charge >= 0.3 is 0 Å². The topological polar surface area (TPSA) is 111 Å². The molecule has 2 N–H and O–H groups in total. The van der Waals surface area contributed by atoms with Crippen LogP contribution >= 0.6 is 0 Å². The molecule has 0 unspecified atom stereocenters. The number of hydrogen-bond donors (Lipinski definition) is 2. The minimum Gasteiger partial charge on any atom is -0.530 e. The summed E-state index contributed by atoms with van der Waals surface area (Å²) in [6.07, 6.45) is -0.148. The van der Waals surface area contributed by atoms with Gasteiger partial charge in [-0.25, -0.2) is 4.39 Å². The highest BCUT2D eigenvalue weighted by molar-refractivity contribution is 6.02. The van der Waals surface area contributed by atoms with Crippen LogP contribution in [-0.2, 0) is 6.61 Å². The number of carbonyl (C=O) groups excluding carboxylic acids is 3. The van der Waals surface area contributed by atoms with E-state index in [4.69, 9.17) is 4.74 Å². The lowest BCUT2D eigenvalue weighted by Gasteiger charge is -2.31. The Morgan fingerprint density at radius 3 is 2.37 bits per heavy atom. The minimum atomic E-state index is -1.52. The molecule has 1 aliphatic heterocycles. The monoisotopic (exact) mass is 518 g/mol. The fourth-order valence-corrected chi connectivity index (χ4v) is 4.45. The second-order valence-electron chi connectivity index (χ2n) is 9.14. The van der Waals surface area contributed by atoms with E-state index in [0.717, 1.165) is 5.56 Å². The van der Waals surface area contributed by atoms with Gasteiger partial charge < -0.3 is 30.2 Å². The fraction of sp³-hybridized carbons (Fsp3) is 0.276. The summed E-state index contributed by atoms with van der Waals surface area (Å²) in [5, 5.41) is 16.1. The Kier molecular flexibility index (Phi) is 9.05. The molecular formula is C29H29FN3O5-. The summed E-state index contributed by atoms with van der Waals surface area (Å²) < 4.78 is 18.9. The van der Waals surface area contributed by atoms with Crippen molar-refractivity contribution in [3.8, 4) is 5.75 Å². The predicted octanol–water partition coefficient (Wildman–Crippen LogP) is 3.48. The number of anilines is 1. The molecule has 0 aliphatic carbocycles. The van der Waals surface area contributed by atoms with Gasteiger partial charge in [-0.15, -0.1) is 0 Å². The van der Waals surface area contributed by atoms with Gasteiger partial charge in [0, 0.05) is 24.6 Å². The zero-order chi connectivity index (χ0) is 26.9. The third-order valence-electron chi connectivity index (χ3n) is 6.52. The number of nitrogens with one attached hydrogen (secondary N) is 2. The normalized spacial score (nSPS) is 14.0. The Labute approximate surface area is 220 Å². The van der Waals surface area contributed by atoms with Crippen molar-refractivity contribution in [1.82, 2.24) is 10.2 Å². The molecule has 0 spiro atoms. The van der Waals surface area contributed by atoms with Gasteiger partial charge in [0.05, 0.1) is 11.3 Å². The fourth-order valence-electron chi connectivity index (χ4n) is 4.45. The summed E-state index contributed by atoms with van der Waals surface area (Å²) in [7, 11) is 0. The van der Waals surface area contributed by atoms with Crippen LogP contribution < -0.4 is 20.5 Å². The van der Waals surface area contributed by atoms with Gasteiger partial charge in [0.1, 0.15) is 24.3 Å². The number of hydrogen-bond acceptors (Lipinski definition) is 6. The summed E-state index contributed by atoms with van der Waals surface area (Å²) in [5.41, 5.74) is 1.71. The van der Waals surface area contributed by atoms with E-state index in [1.54, 1.807) is 6.07 Å². The third-order valence-corrected chi connectivity index (χ3v) is 6.52. The van der Waals surface area contributed by atoms with Crippen LogP contribution in [0.15, 0.2) is 72.8 Å². The largest absolute Gasteiger partial charge is 0.530 e. The molecule has 38 heavy (non-hydrogen) atoms. The first-order chi connectivity index (χ1) is 18.4. The molecule has 9 heteroatoms. The molecule has 0 atom stereocenters. The first kappa shape index (κ1) is 26.8. The molecule has 198 valence electrons. The van der Waals surface area contributed by atoms with Crippen molar-refractivity contribution in [2.24, 2.45) is 5.92 Å². The Morgan fingerprint density at radius 2 is 1.68 bits per heavy atom. The van der Waals surface area contributed by atoms with E-state index in [0.29, 0.717) is 56.9 Å². The lowest BCUT2D eigenvalue weighted by Crippen LogP contribution is -2.41. The van der Waals surface area contributed by atoms with Crippen molar-refractivity contribution in [3.05, 3.63) is 95.3 Å². The summed E-state index contributed by atoms with van der Waals surface area (Å²) >= 11 is 0. The number of rotatable bonds is 10. The molecule has 0 aromatic heterocycles. The molecule has 0 radical (unpaired) electrons. The van der Waals surface area contributed by atoms with E-state index in [2.05, 4.69) is 15.5 Å². The number of ether oxygens (including phenoxy) is 1. The molecule has 1 fully saturated rings. The maximum absolute atomic E-state index is 13.1. The zero-order valence-corrected chi connectivity index (χ0v) is 20.8. The quantitative estimate of drug-likeness (QED) is 0.398. The van der Waals surface area contributed by atoms with Gasteiger partial charge in [-0.3, -0.25) is 9.59 Å². The number of carbonyl (C=O) groups is 3. The first-order valence-electron chi connectivity index (χ1n) is 12.5. The lowest BCUT2D eigenvalue weighted by molar-refractivity contribution is -0.242. The average molecular weight is 519 g/mol. The van der Waals surface area contributed by atoms with Crippen molar-refractivity contribution >= 4 is 23.5 Å². The van der Waals surface area contributed by atoms with Crippen LogP contribution in [0.4, 0.5) is 14.9 Å². The Morgan fingerprint density at radius 1 is 0.974 bits per heavy atom. The lowest BCUT2D eigenvalue weighted by atomic mass is 9.89. The van der Waals surface area contributed by atoms with Crippen LogP contribution in [-0.4, -0.2) is 48.9 Å². The van der Waals surface area contributed by atoms with E-state index in [-0.39, 0.29) is 28.8 Å². The summed E-state index contributed by atoms with van der Waals surface area (Å²) in [6.45, 7) is 2.63. The summed E-state index contributed by atoms with van der Waals surface area (Å²) in [5.74, 6) is -0.466. The van der Waals surface area contributed by atoms with E-state index < -0.39 is 12.0 Å². The van der Waals surface area contributed by atoms with E-state index in [1.165, 1.54) is 36.4 Å². The van der Waals surface area contributed by atoms with Crippen molar-refractivity contribution in [2.75, 3.05) is 31.5 Å². The maximum atomic E-state index is 13.1. The van der Waals surface area contributed by atoms with Gasteiger partial charge in [-0.2, -0.15) is 0 Å². The molecular weight excluding hydrogens is 489 g/mol. The van der Waals surface area contributed by atoms with Crippen LogP contribution in [0, 0.1) is 11.7 Å². The second-order valence-corrected chi connectivity index (χ2v) is 9.14. The standard InChI is InChI=1S/C29H30FN3O5/c30-23-8-6-21(7-9-23)27(34)22-12-15-33(16-13-22)17-14-31-28(35)25-18-24(10-11-26(25)32-29(36)37)38-19-20-4-2-1-3-5-20/h1-11,18,22,32H,12-17,19H2,(H,31,35)(H,36,37)/p-1. The second kappa shape index (κ2) is 12.8. The first-order valence-corrected chi connectivity index (χ1v) is 12.5. The van der Waals surface area contributed by atoms with Crippen LogP contribution in [0.1, 0.15) is 39.1 Å². The highest BCUT2D eigenvalue weighted by Gasteiger charge is 2.25. The Hall–Kier alpha value is -4.24. The van der Waals surface area contributed by atoms with Crippen LogP contribution in [0.25, 0.3) is 0 Å². The van der Waals surface area contributed by atoms with Crippen molar-refractivity contribution < 1.29 is 28.6 Å². The number of Topliss-reactive ketones (excluding diaryl/α,β-unsaturated/α-hetero) is 1. The average Bonchev–Trinajstić information content (AvgIpc) is 2.93. The van der Waals surface area contributed by atoms with Gasteiger partial charge in [0.25, 0.3) is 5.91 Å². The van der Waals surface area contributed by atoms with E-state index in [9.17, 15) is 23.9 Å². The number of halogens is 1. The number of carboxylic acid groups (broad SMARTS) is 1. The summed E-state index contributed by atoms with van der Waals surface area (Å²) in [6, 6.07) is 19.7. The SMILES string of the molecule is O=C([O-])Nc1ccc(OCc2ccccc2)cc1C(=O)NCCN1CCC(C(=O)c2ccc(F)cc2)CC1.